The number of thioether (sulfide) groups is 1. The molecule has 0 bridgehead atoms. The van der Waals surface area contributed by atoms with Gasteiger partial charge in [0.05, 0.1) is 0 Å². The predicted molar refractivity (Wildman–Crippen MR) is 41.5 cm³/mol. The second-order valence-electron chi connectivity index (χ2n) is 1.98. The van der Waals surface area contributed by atoms with Crippen molar-refractivity contribution in [3.05, 3.63) is 28.1 Å². The lowest BCUT2D eigenvalue weighted by atomic mass is 10.3. The van der Waals surface area contributed by atoms with Gasteiger partial charge in [0, 0.05) is 6.07 Å². The molecule has 1 aromatic rings. The van der Waals surface area contributed by atoms with Crippen LogP contribution in [0.15, 0.2) is 26.4 Å². The minimum atomic E-state index is -0.274. The molecule has 10 heavy (non-hydrogen) atoms. The molecule has 3 heteroatoms. The Kier molecular flexibility index (Phi) is 2.17. The van der Waals surface area contributed by atoms with Crippen LogP contribution in [-0.4, -0.2) is 6.26 Å². The molecular formula is C7H8O2S. The van der Waals surface area contributed by atoms with E-state index in [4.69, 9.17) is 4.42 Å². The van der Waals surface area contributed by atoms with Gasteiger partial charge < -0.3 is 4.42 Å². The Morgan fingerprint density at radius 2 is 2.20 bits per heavy atom. The van der Waals surface area contributed by atoms with Crippen LogP contribution in [0.3, 0.4) is 0 Å². The Morgan fingerprint density at radius 1 is 1.50 bits per heavy atom. The van der Waals surface area contributed by atoms with E-state index in [1.54, 1.807) is 0 Å². The molecule has 1 rings (SSSR count). The quantitative estimate of drug-likeness (QED) is 0.579. The molecule has 0 aliphatic carbocycles. The van der Waals surface area contributed by atoms with E-state index in [2.05, 4.69) is 0 Å². The molecule has 2 nitrogen and oxygen atoms in total. The van der Waals surface area contributed by atoms with Crippen molar-refractivity contribution in [1.82, 2.24) is 0 Å². The Balaban J connectivity index is 3.19. The van der Waals surface area contributed by atoms with Gasteiger partial charge in [0.15, 0.2) is 5.09 Å². The van der Waals surface area contributed by atoms with E-state index in [0.29, 0.717) is 5.09 Å². The van der Waals surface area contributed by atoms with Crippen LogP contribution >= 0.6 is 11.8 Å². The van der Waals surface area contributed by atoms with Crippen molar-refractivity contribution < 1.29 is 4.42 Å². The van der Waals surface area contributed by atoms with Gasteiger partial charge in [0.1, 0.15) is 0 Å². The van der Waals surface area contributed by atoms with E-state index in [-0.39, 0.29) is 5.63 Å². The van der Waals surface area contributed by atoms with Crippen molar-refractivity contribution in [1.29, 1.82) is 0 Å². The molecule has 0 aromatic carbocycles. The monoisotopic (exact) mass is 156 g/mol. The normalized spacial score (nSPS) is 9.80. The molecular weight excluding hydrogens is 148 g/mol. The summed E-state index contributed by atoms with van der Waals surface area (Å²) in [6.45, 7) is 1.87. The highest BCUT2D eigenvalue weighted by Gasteiger charge is 1.94. The SMILES string of the molecule is CSc1cc(C)cc(=O)o1. The number of rotatable bonds is 1. The highest BCUT2D eigenvalue weighted by molar-refractivity contribution is 7.98. The summed E-state index contributed by atoms with van der Waals surface area (Å²) in [6, 6.07) is 3.31. The van der Waals surface area contributed by atoms with Crippen molar-refractivity contribution in [3.63, 3.8) is 0 Å². The second-order valence-corrected chi connectivity index (χ2v) is 2.79. The van der Waals surface area contributed by atoms with Gasteiger partial charge in [-0.1, -0.05) is 11.8 Å². The van der Waals surface area contributed by atoms with E-state index >= 15 is 0 Å². The maximum Gasteiger partial charge on any atom is 0.336 e. The van der Waals surface area contributed by atoms with E-state index in [9.17, 15) is 4.79 Å². The fourth-order valence-corrected chi connectivity index (χ4v) is 1.14. The lowest BCUT2D eigenvalue weighted by molar-refractivity contribution is 0.421. The summed E-state index contributed by atoms with van der Waals surface area (Å²) in [6.07, 6.45) is 1.87. The van der Waals surface area contributed by atoms with Crippen LogP contribution in [0, 0.1) is 6.92 Å². The summed E-state index contributed by atoms with van der Waals surface area (Å²) in [5.41, 5.74) is 0.671. The number of hydrogen-bond donors (Lipinski definition) is 0. The largest absolute Gasteiger partial charge is 0.416 e. The summed E-state index contributed by atoms with van der Waals surface area (Å²) in [5, 5.41) is 0.671. The van der Waals surface area contributed by atoms with Gasteiger partial charge in [-0.2, -0.15) is 0 Å². The van der Waals surface area contributed by atoms with Crippen LogP contribution in [0.1, 0.15) is 5.56 Å². The second kappa shape index (κ2) is 2.92. The first-order valence-electron chi connectivity index (χ1n) is 2.88. The zero-order valence-electron chi connectivity index (χ0n) is 5.88. The Bertz CT molecular complexity index is 277. The maximum absolute atomic E-state index is 10.7. The lowest BCUT2D eigenvalue weighted by Crippen LogP contribution is -1.96. The summed E-state index contributed by atoms with van der Waals surface area (Å²) >= 11 is 1.43. The zero-order chi connectivity index (χ0) is 7.56. The van der Waals surface area contributed by atoms with Crippen LogP contribution < -0.4 is 5.63 Å². The van der Waals surface area contributed by atoms with Gasteiger partial charge in [0.25, 0.3) is 0 Å². The third-order valence-electron chi connectivity index (χ3n) is 1.09. The van der Waals surface area contributed by atoms with Gasteiger partial charge in [-0.15, -0.1) is 0 Å². The smallest absolute Gasteiger partial charge is 0.336 e. The first kappa shape index (κ1) is 7.41. The van der Waals surface area contributed by atoms with E-state index in [1.165, 1.54) is 17.8 Å². The average Bonchev–Trinajstić information content (AvgIpc) is 1.85. The van der Waals surface area contributed by atoms with Crippen molar-refractivity contribution in [3.8, 4) is 0 Å². The molecule has 0 aliphatic rings. The molecule has 0 unspecified atom stereocenters. The third-order valence-corrected chi connectivity index (χ3v) is 1.70. The van der Waals surface area contributed by atoms with Crippen molar-refractivity contribution in [2.45, 2.75) is 12.0 Å². The molecule has 0 atom stereocenters. The topological polar surface area (TPSA) is 30.2 Å². The van der Waals surface area contributed by atoms with E-state index < -0.39 is 0 Å². The molecule has 1 heterocycles. The number of aryl methyl sites for hydroxylation is 1. The Morgan fingerprint density at radius 3 is 2.70 bits per heavy atom. The van der Waals surface area contributed by atoms with Gasteiger partial charge >= 0.3 is 5.63 Å². The zero-order valence-corrected chi connectivity index (χ0v) is 6.70. The lowest BCUT2D eigenvalue weighted by Gasteiger charge is -1.93. The fourth-order valence-electron chi connectivity index (χ4n) is 0.672. The van der Waals surface area contributed by atoms with Crippen molar-refractivity contribution >= 4 is 11.8 Å². The Hall–Kier alpha value is -0.700. The minimum Gasteiger partial charge on any atom is -0.416 e. The molecule has 0 amide bonds. The van der Waals surface area contributed by atoms with Crippen molar-refractivity contribution in [2.24, 2.45) is 0 Å². The maximum atomic E-state index is 10.7. The van der Waals surface area contributed by atoms with Gasteiger partial charge in [-0.3, -0.25) is 0 Å². The first-order chi connectivity index (χ1) is 4.72. The predicted octanol–water partition coefficient (Wildman–Crippen LogP) is 1.67. The molecule has 0 radical (unpaired) electrons. The highest BCUT2D eigenvalue weighted by atomic mass is 32.2. The summed E-state index contributed by atoms with van der Waals surface area (Å²) in [4.78, 5) is 10.7. The summed E-state index contributed by atoms with van der Waals surface area (Å²) in [7, 11) is 0. The minimum absolute atomic E-state index is 0.274. The molecule has 54 valence electrons. The van der Waals surface area contributed by atoms with E-state index in [1.807, 2.05) is 19.2 Å². The van der Waals surface area contributed by atoms with Gasteiger partial charge in [-0.05, 0) is 24.8 Å². The van der Waals surface area contributed by atoms with Crippen LogP contribution in [-0.2, 0) is 0 Å². The summed E-state index contributed by atoms with van der Waals surface area (Å²) in [5.74, 6) is 0. The van der Waals surface area contributed by atoms with Gasteiger partial charge in [-0.25, -0.2) is 4.79 Å². The highest BCUT2D eigenvalue weighted by Crippen LogP contribution is 2.12. The molecule has 0 aliphatic heterocycles. The van der Waals surface area contributed by atoms with Gasteiger partial charge in [0.2, 0.25) is 0 Å². The van der Waals surface area contributed by atoms with E-state index in [0.717, 1.165) is 5.56 Å². The Labute approximate surface area is 63.3 Å². The standard InChI is InChI=1S/C7H8O2S/c1-5-3-6(8)9-7(4-5)10-2/h3-4H,1-2H3. The molecule has 1 aromatic heterocycles. The van der Waals surface area contributed by atoms with Crippen LogP contribution in [0.2, 0.25) is 0 Å². The average molecular weight is 156 g/mol. The fraction of sp³-hybridized carbons (Fsp3) is 0.286. The van der Waals surface area contributed by atoms with Crippen LogP contribution in [0.5, 0.6) is 0 Å². The molecule has 0 fully saturated rings. The van der Waals surface area contributed by atoms with Crippen LogP contribution in [0.4, 0.5) is 0 Å². The first-order valence-corrected chi connectivity index (χ1v) is 4.10. The molecule has 0 saturated carbocycles. The molecule has 0 spiro atoms. The molecule has 0 saturated heterocycles. The van der Waals surface area contributed by atoms with Crippen LogP contribution in [0.25, 0.3) is 0 Å². The summed E-state index contributed by atoms with van der Waals surface area (Å²) < 4.78 is 4.81. The molecule has 0 N–H and O–H groups in total. The third kappa shape index (κ3) is 1.64. The van der Waals surface area contributed by atoms with Crippen molar-refractivity contribution in [2.75, 3.05) is 6.26 Å². The number of hydrogen-bond acceptors (Lipinski definition) is 3.